The summed E-state index contributed by atoms with van der Waals surface area (Å²) in [7, 11) is 0. The Bertz CT molecular complexity index is 335. The van der Waals surface area contributed by atoms with E-state index < -0.39 is 0 Å². The van der Waals surface area contributed by atoms with Gasteiger partial charge in [0, 0.05) is 6.42 Å². The molecular weight excluding hydrogens is 196 g/mol. The molecule has 0 bridgehead atoms. The van der Waals surface area contributed by atoms with Gasteiger partial charge in [-0.1, -0.05) is 45.9 Å². The van der Waals surface area contributed by atoms with E-state index in [0.29, 0.717) is 12.0 Å². The zero-order valence-electron chi connectivity index (χ0n) is 11.2. The van der Waals surface area contributed by atoms with E-state index in [0.717, 1.165) is 6.42 Å². The average molecular weight is 220 g/mol. The molecule has 1 saturated carbocycles. The van der Waals surface area contributed by atoms with Crippen molar-refractivity contribution < 1.29 is 4.79 Å². The van der Waals surface area contributed by atoms with Crippen LogP contribution in [0.15, 0.2) is 24.3 Å². The van der Waals surface area contributed by atoms with E-state index in [1.54, 1.807) is 6.92 Å². The molecule has 0 saturated heterocycles. The lowest BCUT2D eigenvalue weighted by Crippen LogP contribution is -2.35. The Morgan fingerprint density at radius 1 is 1.31 bits per heavy atom. The Morgan fingerprint density at radius 3 is 2.38 bits per heavy atom. The first-order valence-electron chi connectivity index (χ1n) is 6.08. The Kier molecular flexibility index (Phi) is 3.47. The van der Waals surface area contributed by atoms with E-state index in [2.05, 4.69) is 33.9 Å². The molecule has 0 aliphatic heterocycles. The van der Waals surface area contributed by atoms with Crippen LogP contribution in [0, 0.1) is 10.8 Å². The number of Topliss-reactive ketones (excluding diaryl/α,β-unsaturated/α-hetero) is 1. The zero-order valence-corrected chi connectivity index (χ0v) is 11.2. The van der Waals surface area contributed by atoms with Crippen molar-refractivity contribution in [2.45, 2.75) is 53.4 Å². The fourth-order valence-corrected chi connectivity index (χ4v) is 2.74. The summed E-state index contributed by atoms with van der Waals surface area (Å²) in [6.45, 7) is 16.4. The Morgan fingerprint density at radius 2 is 1.88 bits per heavy atom. The minimum absolute atomic E-state index is 0.0300. The molecule has 1 unspecified atom stereocenters. The number of rotatable bonds is 3. The maximum Gasteiger partial charge on any atom is 0.158 e. The highest BCUT2D eigenvalue weighted by molar-refractivity contribution is 5.94. The van der Waals surface area contributed by atoms with Crippen molar-refractivity contribution in [2.75, 3.05) is 0 Å². The standard InChI is InChI=1S/C15H24O/c1-11(2)13(16)10-15(6)9-7-8-14(4,5)12(15)3/h1,3,7-10H2,2,4-6H3. The fourth-order valence-electron chi connectivity index (χ4n) is 2.74. The third-order valence-electron chi connectivity index (χ3n) is 4.10. The van der Waals surface area contributed by atoms with Gasteiger partial charge in [-0.2, -0.15) is 0 Å². The minimum atomic E-state index is -0.0300. The van der Waals surface area contributed by atoms with Crippen LogP contribution >= 0.6 is 0 Å². The molecule has 0 radical (unpaired) electrons. The van der Waals surface area contributed by atoms with E-state index in [9.17, 15) is 4.79 Å². The van der Waals surface area contributed by atoms with Gasteiger partial charge in [-0.3, -0.25) is 4.79 Å². The van der Waals surface area contributed by atoms with Crippen LogP contribution in [-0.2, 0) is 4.79 Å². The monoisotopic (exact) mass is 220 g/mol. The smallest absolute Gasteiger partial charge is 0.158 e. The molecule has 0 aromatic carbocycles. The van der Waals surface area contributed by atoms with Gasteiger partial charge in [0.15, 0.2) is 5.78 Å². The topological polar surface area (TPSA) is 17.1 Å². The number of carbonyl (C=O) groups is 1. The van der Waals surface area contributed by atoms with Crippen molar-refractivity contribution in [3.8, 4) is 0 Å². The maximum absolute atomic E-state index is 11.8. The lowest BCUT2D eigenvalue weighted by atomic mass is 9.59. The molecule has 0 heterocycles. The number of hydrogen-bond acceptors (Lipinski definition) is 1. The zero-order chi connectivity index (χ0) is 12.6. The third-order valence-corrected chi connectivity index (χ3v) is 4.10. The van der Waals surface area contributed by atoms with Gasteiger partial charge in [-0.05, 0) is 36.2 Å². The molecule has 1 aliphatic carbocycles. The van der Waals surface area contributed by atoms with Crippen molar-refractivity contribution in [1.29, 1.82) is 0 Å². The van der Waals surface area contributed by atoms with Crippen molar-refractivity contribution >= 4 is 5.78 Å². The maximum atomic E-state index is 11.8. The second kappa shape index (κ2) is 4.20. The van der Waals surface area contributed by atoms with Crippen LogP contribution in [0.4, 0.5) is 0 Å². The van der Waals surface area contributed by atoms with Crippen LogP contribution in [0.1, 0.15) is 53.4 Å². The second-order valence-corrected chi connectivity index (χ2v) is 6.16. The molecule has 1 atom stereocenters. The lowest BCUT2D eigenvalue weighted by Gasteiger charge is -2.45. The van der Waals surface area contributed by atoms with Gasteiger partial charge in [0.25, 0.3) is 0 Å². The highest BCUT2D eigenvalue weighted by Crippen LogP contribution is 2.51. The van der Waals surface area contributed by atoms with Crippen LogP contribution in [0.25, 0.3) is 0 Å². The second-order valence-electron chi connectivity index (χ2n) is 6.16. The number of allylic oxidation sites excluding steroid dienone is 2. The average Bonchev–Trinajstić information content (AvgIpc) is 2.14. The van der Waals surface area contributed by atoms with Crippen molar-refractivity contribution in [3.05, 3.63) is 24.3 Å². The van der Waals surface area contributed by atoms with E-state index >= 15 is 0 Å². The van der Waals surface area contributed by atoms with Crippen LogP contribution in [0.2, 0.25) is 0 Å². The predicted octanol–water partition coefficient (Wildman–Crippen LogP) is 4.29. The fraction of sp³-hybridized carbons (Fsp3) is 0.667. The van der Waals surface area contributed by atoms with Crippen LogP contribution in [0.5, 0.6) is 0 Å². The quantitative estimate of drug-likeness (QED) is 0.512. The van der Waals surface area contributed by atoms with Crippen LogP contribution in [-0.4, -0.2) is 5.78 Å². The predicted molar refractivity (Wildman–Crippen MR) is 69.3 cm³/mol. The summed E-state index contributed by atoms with van der Waals surface area (Å²) >= 11 is 0. The molecule has 0 aromatic heterocycles. The summed E-state index contributed by atoms with van der Waals surface area (Å²) < 4.78 is 0. The summed E-state index contributed by atoms with van der Waals surface area (Å²) in [6.07, 6.45) is 4.02. The largest absolute Gasteiger partial charge is 0.295 e. The summed E-state index contributed by atoms with van der Waals surface area (Å²) in [5.41, 5.74) is 2.04. The van der Waals surface area contributed by atoms with Crippen molar-refractivity contribution in [3.63, 3.8) is 0 Å². The summed E-state index contributed by atoms with van der Waals surface area (Å²) in [4.78, 5) is 11.8. The molecule has 0 amide bonds. The molecule has 1 fully saturated rings. The Balaban J connectivity index is 2.88. The highest BCUT2D eigenvalue weighted by atomic mass is 16.1. The molecule has 1 aliphatic rings. The lowest BCUT2D eigenvalue weighted by molar-refractivity contribution is -0.117. The molecule has 0 aromatic rings. The van der Waals surface area contributed by atoms with Crippen LogP contribution < -0.4 is 0 Å². The first-order valence-corrected chi connectivity index (χ1v) is 6.08. The van der Waals surface area contributed by atoms with Gasteiger partial charge in [-0.25, -0.2) is 0 Å². The molecule has 1 rings (SSSR count). The molecular formula is C15H24O. The number of hydrogen-bond donors (Lipinski definition) is 0. The third kappa shape index (κ3) is 2.45. The molecule has 16 heavy (non-hydrogen) atoms. The normalized spacial score (nSPS) is 28.9. The number of carbonyl (C=O) groups excluding carboxylic acids is 1. The summed E-state index contributed by atoms with van der Waals surface area (Å²) in [5.74, 6) is 0.182. The van der Waals surface area contributed by atoms with Gasteiger partial charge < -0.3 is 0 Å². The van der Waals surface area contributed by atoms with E-state index in [1.807, 2.05) is 0 Å². The van der Waals surface area contributed by atoms with E-state index in [1.165, 1.54) is 18.4 Å². The first kappa shape index (κ1) is 13.2. The highest BCUT2D eigenvalue weighted by Gasteiger charge is 2.41. The Labute approximate surface area is 99.6 Å². The van der Waals surface area contributed by atoms with Gasteiger partial charge >= 0.3 is 0 Å². The molecule has 1 heteroatoms. The van der Waals surface area contributed by atoms with Gasteiger partial charge in [0.1, 0.15) is 0 Å². The molecule has 0 N–H and O–H groups in total. The Hall–Kier alpha value is -0.850. The van der Waals surface area contributed by atoms with Crippen molar-refractivity contribution in [1.82, 2.24) is 0 Å². The first-order chi connectivity index (χ1) is 7.19. The SMILES string of the molecule is C=C(C)C(=O)CC1(C)CCCC(C)(C)C1=C. The van der Waals surface area contributed by atoms with Gasteiger partial charge in [0.05, 0.1) is 0 Å². The van der Waals surface area contributed by atoms with Crippen LogP contribution in [0.3, 0.4) is 0 Å². The summed E-state index contributed by atoms with van der Waals surface area (Å²) in [6, 6.07) is 0. The van der Waals surface area contributed by atoms with Crippen molar-refractivity contribution in [2.24, 2.45) is 10.8 Å². The molecule has 0 spiro atoms. The van der Waals surface area contributed by atoms with E-state index in [-0.39, 0.29) is 16.6 Å². The molecule has 90 valence electrons. The van der Waals surface area contributed by atoms with E-state index in [4.69, 9.17) is 0 Å². The van der Waals surface area contributed by atoms with Gasteiger partial charge in [0.2, 0.25) is 0 Å². The number of ketones is 1. The molecule has 1 nitrogen and oxygen atoms in total. The minimum Gasteiger partial charge on any atom is -0.295 e. The van der Waals surface area contributed by atoms with Gasteiger partial charge in [-0.15, -0.1) is 0 Å². The summed E-state index contributed by atoms with van der Waals surface area (Å²) in [5, 5.41) is 0.